The van der Waals surface area contributed by atoms with Gasteiger partial charge in [0.2, 0.25) is 5.78 Å². The van der Waals surface area contributed by atoms with E-state index in [1.807, 2.05) is 0 Å². The molecule has 0 amide bonds. The van der Waals surface area contributed by atoms with Crippen molar-refractivity contribution in [2.24, 2.45) is 22.7 Å². The van der Waals surface area contributed by atoms with Gasteiger partial charge in [-0.3, -0.25) is 14.4 Å². The number of allylic oxidation sites excluding steroid dienone is 4. The molecule has 0 aromatic carbocycles. The van der Waals surface area contributed by atoms with Gasteiger partial charge in [0, 0.05) is 23.7 Å². The van der Waals surface area contributed by atoms with Crippen LogP contribution in [-0.2, 0) is 19.1 Å². The van der Waals surface area contributed by atoms with Crippen molar-refractivity contribution in [2.45, 2.75) is 70.2 Å². The van der Waals surface area contributed by atoms with Crippen LogP contribution in [0.2, 0.25) is 0 Å². The van der Waals surface area contributed by atoms with E-state index in [-0.39, 0.29) is 24.5 Å². The molecule has 0 saturated heterocycles. The number of ketones is 2. The van der Waals surface area contributed by atoms with Gasteiger partial charge in [-0.25, -0.2) is 4.39 Å². The predicted molar refractivity (Wildman–Crippen MR) is 105 cm³/mol. The Bertz CT molecular complexity index is 879. The summed E-state index contributed by atoms with van der Waals surface area (Å²) in [5, 5.41) is 22.6. The number of aliphatic hydroxyl groups is 2. The molecule has 0 aliphatic heterocycles. The topological polar surface area (TPSA) is 101 Å². The van der Waals surface area contributed by atoms with Gasteiger partial charge in [-0.15, -0.1) is 0 Å². The van der Waals surface area contributed by atoms with Gasteiger partial charge < -0.3 is 14.9 Å². The summed E-state index contributed by atoms with van der Waals surface area (Å²) in [5.41, 5.74) is -5.23. The molecule has 4 rings (SSSR count). The molecule has 7 heteroatoms. The van der Waals surface area contributed by atoms with Crippen LogP contribution >= 0.6 is 0 Å². The molecule has 0 aromatic rings. The largest absolute Gasteiger partial charge is 0.458 e. The van der Waals surface area contributed by atoms with Crippen LogP contribution in [-0.4, -0.2) is 51.7 Å². The number of esters is 1. The van der Waals surface area contributed by atoms with Crippen molar-refractivity contribution in [1.29, 1.82) is 0 Å². The second-order valence-corrected chi connectivity index (χ2v) is 9.87. The van der Waals surface area contributed by atoms with Crippen LogP contribution in [0.4, 0.5) is 4.39 Å². The SMILES string of the molecule is CC(=O)OCC(=O)[C@@]1(O)CC[C@H]2[C@@H]3CCC4=CC(=O)C=C[C@]4(C)[C@]3(F)[C@H](O)C[C@@]21C. The minimum Gasteiger partial charge on any atom is -0.458 e. The summed E-state index contributed by atoms with van der Waals surface area (Å²) in [7, 11) is 0. The van der Waals surface area contributed by atoms with Crippen LogP contribution in [0, 0.1) is 22.7 Å². The minimum absolute atomic E-state index is 0.0857. The minimum atomic E-state index is -2.00. The van der Waals surface area contributed by atoms with Crippen LogP contribution in [0.3, 0.4) is 0 Å². The zero-order chi connectivity index (χ0) is 22.1. The number of alkyl halides is 1. The molecular weight excluding hydrogens is 391 g/mol. The molecule has 2 N–H and O–H groups in total. The van der Waals surface area contributed by atoms with Gasteiger partial charge in [0.1, 0.15) is 5.60 Å². The second kappa shape index (κ2) is 6.57. The Balaban J connectivity index is 1.72. The predicted octanol–water partition coefficient (Wildman–Crippen LogP) is 2.22. The number of Topliss-reactive ketones (excluding diaryl/α,β-unsaturated/α-hetero) is 1. The van der Waals surface area contributed by atoms with Crippen molar-refractivity contribution in [3.05, 3.63) is 23.8 Å². The molecule has 7 atom stereocenters. The molecule has 0 bridgehead atoms. The Morgan fingerprint density at radius 1 is 1.27 bits per heavy atom. The lowest BCUT2D eigenvalue weighted by Crippen LogP contribution is -2.69. The van der Waals surface area contributed by atoms with Gasteiger partial charge in [-0.05, 0) is 57.1 Å². The van der Waals surface area contributed by atoms with Crippen LogP contribution in [0.1, 0.15) is 52.9 Å². The van der Waals surface area contributed by atoms with Gasteiger partial charge in [-0.1, -0.05) is 18.6 Å². The van der Waals surface area contributed by atoms with Gasteiger partial charge in [0.05, 0.1) is 6.10 Å². The van der Waals surface area contributed by atoms with E-state index in [4.69, 9.17) is 4.74 Å². The molecule has 164 valence electrons. The Morgan fingerprint density at radius 3 is 2.63 bits per heavy atom. The third-order valence-electron chi connectivity index (χ3n) is 8.66. The van der Waals surface area contributed by atoms with Crippen molar-refractivity contribution in [2.75, 3.05) is 6.61 Å². The van der Waals surface area contributed by atoms with Gasteiger partial charge >= 0.3 is 5.97 Å². The van der Waals surface area contributed by atoms with E-state index in [0.717, 1.165) is 0 Å². The second-order valence-electron chi connectivity index (χ2n) is 9.87. The summed E-state index contributed by atoms with van der Waals surface area (Å²) in [6.07, 6.45) is 4.47. The van der Waals surface area contributed by atoms with E-state index >= 15 is 4.39 Å². The Kier molecular flexibility index (Phi) is 4.68. The normalized spacial score (nSPS) is 47.1. The van der Waals surface area contributed by atoms with Crippen molar-refractivity contribution in [1.82, 2.24) is 0 Å². The molecule has 0 unspecified atom stereocenters. The molecule has 30 heavy (non-hydrogen) atoms. The maximum absolute atomic E-state index is 16.9. The lowest BCUT2D eigenvalue weighted by molar-refractivity contribution is -0.217. The Hall–Kier alpha value is -1.86. The van der Waals surface area contributed by atoms with Crippen LogP contribution < -0.4 is 0 Å². The number of halogens is 1. The van der Waals surface area contributed by atoms with Crippen LogP contribution in [0.25, 0.3) is 0 Å². The highest BCUT2D eigenvalue weighted by Gasteiger charge is 2.74. The number of ether oxygens (including phenoxy) is 1. The Morgan fingerprint density at radius 2 is 1.97 bits per heavy atom. The number of hydrogen-bond acceptors (Lipinski definition) is 6. The molecule has 0 spiro atoms. The van der Waals surface area contributed by atoms with Gasteiger partial charge in [-0.2, -0.15) is 0 Å². The fourth-order valence-electron chi connectivity index (χ4n) is 6.96. The van der Waals surface area contributed by atoms with Crippen molar-refractivity contribution in [3.63, 3.8) is 0 Å². The number of carbonyl (C=O) groups is 3. The zero-order valence-electron chi connectivity index (χ0n) is 17.6. The summed E-state index contributed by atoms with van der Waals surface area (Å²) in [4.78, 5) is 35.8. The smallest absolute Gasteiger partial charge is 0.303 e. The van der Waals surface area contributed by atoms with Gasteiger partial charge in [0.25, 0.3) is 0 Å². The van der Waals surface area contributed by atoms with Crippen LogP contribution in [0.5, 0.6) is 0 Å². The molecule has 0 radical (unpaired) electrons. The number of fused-ring (bicyclic) bond motifs is 5. The number of hydrogen-bond donors (Lipinski definition) is 2. The number of aliphatic hydroxyl groups excluding tert-OH is 1. The van der Waals surface area contributed by atoms with E-state index in [1.165, 1.54) is 19.1 Å². The molecule has 6 nitrogen and oxygen atoms in total. The monoisotopic (exact) mass is 420 g/mol. The van der Waals surface area contributed by atoms with E-state index in [0.29, 0.717) is 24.8 Å². The number of carbonyl (C=O) groups excluding carboxylic acids is 3. The fourth-order valence-corrected chi connectivity index (χ4v) is 6.96. The molecule has 4 aliphatic rings. The van der Waals surface area contributed by atoms with E-state index in [9.17, 15) is 24.6 Å². The number of rotatable bonds is 3. The third kappa shape index (κ3) is 2.51. The lowest BCUT2D eigenvalue weighted by atomic mass is 9.44. The first kappa shape index (κ1) is 21.4. The van der Waals surface area contributed by atoms with Crippen molar-refractivity contribution >= 4 is 17.5 Å². The summed E-state index contributed by atoms with van der Waals surface area (Å²) in [6.45, 7) is 4.12. The summed E-state index contributed by atoms with van der Waals surface area (Å²) in [6, 6.07) is 0. The first-order chi connectivity index (χ1) is 13.9. The first-order valence-electron chi connectivity index (χ1n) is 10.6. The average molecular weight is 420 g/mol. The molecule has 0 heterocycles. The zero-order valence-corrected chi connectivity index (χ0v) is 17.6. The molecule has 0 aromatic heterocycles. The van der Waals surface area contributed by atoms with Crippen molar-refractivity contribution in [3.8, 4) is 0 Å². The fraction of sp³-hybridized carbons (Fsp3) is 0.696. The first-order valence-corrected chi connectivity index (χ1v) is 10.6. The quantitative estimate of drug-likeness (QED) is 0.679. The highest BCUT2D eigenvalue weighted by atomic mass is 19.1. The summed E-state index contributed by atoms with van der Waals surface area (Å²) < 4.78 is 21.7. The third-order valence-corrected chi connectivity index (χ3v) is 8.66. The molecule has 3 fully saturated rings. The van der Waals surface area contributed by atoms with E-state index in [1.54, 1.807) is 19.9 Å². The lowest BCUT2D eigenvalue weighted by Gasteiger charge is -2.62. The van der Waals surface area contributed by atoms with Crippen molar-refractivity contribution < 1.29 is 33.7 Å². The highest BCUT2D eigenvalue weighted by Crippen LogP contribution is 2.69. The molecule has 4 aliphatic carbocycles. The summed E-state index contributed by atoms with van der Waals surface area (Å²) >= 11 is 0. The molecule has 3 saturated carbocycles. The standard InChI is InChI=1S/C23H29FO6/c1-13(25)30-12-19(28)22(29)9-7-16-17-5-4-14-10-15(26)6-8-20(14,2)23(17,24)18(27)11-21(16,22)3/h6,8,10,16-18,27,29H,4-5,7,9,11-12H2,1-3H3/t16-,17-,18+,20-,21-,22-,23+/m0/s1. The van der Waals surface area contributed by atoms with E-state index < -0.39 is 52.5 Å². The van der Waals surface area contributed by atoms with Crippen LogP contribution in [0.15, 0.2) is 23.8 Å². The maximum atomic E-state index is 16.9. The maximum Gasteiger partial charge on any atom is 0.303 e. The average Bonchev–Trinajstić information content (AvgIpc) is 2.94. The Labute approximate surface area is 175 Å². The molecular formula is C23H29FO6. The highest BCUT2D eigenvalue weighted by molar-refractivity contribution is 6.01. The van der Waals surface area contributed by atoms with Gasteiger partial charge in [0.15, 0.2) is 18.1 Å². The van der Waals surface area contributed by atoms with E-state index in [2.05, 4.69) is 0 Å². The summed E-state index contributed by atoms with van der Waals surface area (Å²) in [5.74, 6) is -2.28.